The van der Waals surface area contributed by atoms with Crippen LogP contribution in [0.25, 0.3) is 0 Å². The molecule has 0 bridgehead atoms. The van der Waals surface area contributed by atoms with Gasteiger partial charge in [0, 0.05) is 6.54 Å². The fraction of sp³-hybridized carbons (Fsp3) is 0.400. The molecule has 1 N–H and O–H groups in total. The summed E-state index contributed by atoms with van der Waals surface area (Å²) < 4.78 is 18.9. The first-order valence-electron chi connectivity index (χ1n) is 4.39. The first-order valence-corrected chi connectivity index (χ1v) is 5.19. The minimum absolute atomic E-state index is 0.0572. The zero-order chi connectivity index (χ0) is 10.6. The van der Waals surface area contributed by atoms with E-state index >= 15 is 0 Å². The molecule has 0 aliphatic carbocycles. The van der Waals surface area contributed by atoms with Gasteiger partial charge in [0.2, 0.25) is 0 Å². The number of likely N-dealkylation sites (N-methyl/N-ethyl adjacent to an activating group) is 1. The third-order valence-corrected chi connectivity index (χ3v) is 2.33. The van der Waals surface area contributed by atoms with E-state index in [0.717, 1.165) is 6.54 Å². The highest BCUT2D eigenvalue weighted by atomic mass is 79.9. The summed E-state index contributed by atoms with van der Waals surface area (Å²) >= 11 is 3.24. The lowest BCUT2D eigenvalue weighted by Gasteiger charge is -2.15. The summed E-state index contributed by atoms with van der Waals surface area (Å²) in [6.07, 6.45) is 0.0572. The van der Waals surface area contributed by atoms with Crippen LogP contribution in [0.3, 0.4) is 0 Å². The lowest BCUT2D eigenvalue weighted by molar-refractivity contribution is 0.219. The molecule has 0 spiro atoms. The van der Waals surface area contributed by atoms with Gasteiger partial charge in [-0.2, -0.15) is 0 Å². The molecule has 0 heterocycles. The Hall–Kier alpha value is -0.610. The van der Waals surface area contributed by atoms with Crippen molar-refractivity contribution in [1.29, 1.82) is 0 Å². The Balaban J connectivity index is 2.67. The highest BCUT2D eigenvalue weighted by Crippen LogP contribution is 2.26. The molecule has 1 unspecified atom stereocenters. The molecule has 0 fully saturated rings. The Morgan fingerprint density at radius 2 is 2.29 bits per heavy atom. The second-order valence-corrected chi connectivity index (χ2v) is 3.92. The van der Waals surface area contributed by atoms with E-state index in [1.54, 1.807) is 6.07 Å². The van der Waals surface area contributed by atoms with Crippen LogP contribution in [0, 0.1) is 5.82 Å². The summed E-state index contributed by atoms with van der Waals surface area (Å²) in [5.41, 5.74) is 0. The number of hydrogen-bond donors (Lipinski definition) is 1. The highest BCUT2D eigenvalue weighted by Gasteiger charge is 2.06. The van der Waals surface area contributed by atoms with Crippen molar-refractivity contribution in [3.05, 3.63) is 28.5 Å². The number of ether oxygens (including phenoxy) is 1. The van der Waals surface area contributed by atoms with Crippen LogP contribution >= 0.6 is 15.9 Å². The van der Waals surface area contributed by atoms with Gasteiger partial charge in [-0.1, -0.05) is 0 Å². The van der Waals surface area contributed by atoms with Crippen LogP contribution in [0.1, 0.15) is 6.92 Å². The molecule has 0 saturated carbocycles. The van der Waals surface area contributed by atoms with E-state index in [-0.39, 0.29) is 11.9 Å². The van der Waals surface area contributed by atoms with Gasteiger partial charge in [-0.05, 0) is 48.1 Å². The first kappa shape index (κ1) is 11.5. The van der Waals surface area contributed by atoms with Gasteiger partial charge in [0.15, 0.2) is 0 Å². The zero-order valence-corrected chi connectivity index (χ0v) is 9.77. The number of rotatable bonds is 4. The van der Waals surface area contributed by atoms with Gasteiger partial charge in [0.1, 0.15) is 17.7 Å². The molecular weight excluding hydrogens is 249 g/mol. The standard InChI is InChI=1S/C10H13BrFNO/c1-7(6-13-2)14-10-4-3-8(12)5-9(10)11/h3-5,7,13H,6H2,1-2H3. The Morgan fingerprint density at radius 1 is 1.57 bits per heavy atom. The normalized spacial score (nSPS) is 12.6. The van der Waals surface area contributed by atoms with Crippen LogP contribution < -0.4 is 10.1 Å². The third kappa shape index (κ3) is 3.27. The van der Waals surface area contributed by atoms with E-state index in [2.05, 4.69) is 21.2 Å². The molecular formula is C10H13BrFNO. The Kier molecular flexibility index (Phi) is 4.35. The second-order valence-electron chi connectivity index (χ2n) is 3.06. The Morgan fingerprint density at radius 3 is 2.86 bits per heavy atom. The predicted molar refractivity (Wildman–Crippen MR) is 58.1 cm³/mol. The second kappa shape index (κ2) is 5.32. The van der Waals surface area contributed by atoms with Crippen molar-refractivity contribution in [2.24, 2.45) is 0 Å². The minimum Gasteiger partial charge on any atom is -0.488 e. The Bertz CT molecular complexity index is 306. The van der Waals surface area contributed by atoms with Crippen molar-refractivity contribution < 1.29 is 9.13 Å². The van der Waals surface area contributed by atoms with Crippen LogP contribution in [0.2, 0.25) is 0 Å². The largest absolute Gasteiger partial charge is 0.488 e. The monoisotopic (exact) mass is 261 g/mol. The molecule has 0 saturated heterocycles. The van der Waals surface area contributed by atoms with Gasteiger partial charge in [-0.3, -0.25) is 0 Å². The average Bonchev–Trinajstić information content (AvgIpc) is 2.10. The van der Waals surface area contributed by atoms with Gasteiger partial charge in [-0.15, -0.1) is 0 Å². The van der Waals surface area contributed by atoms with Gasteiger partial charge in [0.05, 0.1) is 4.47 Å². The summed E-state index contributed by atoms with van der Waals surface area (Å²) in [5, 5.41) is 3.00. The maximum Gasteiger partial charge on any atom is 0.134 e. The van der Waals surface area contributed by atoms with E-state index in [1.165, 1.54) is 12.1 Å². The summed E-state index contributed by atoms with van der Waals surface area (Å²) in [6.45, 7) is 2.70. The summed E-state index contributed by atoms with van der Waals surface area (Å²) in [4.78, 5) is 0. The van der Waals surface area contributed by atoms with Crippen molar-refractivity contribution >= 4 is 15.9 Å². The molecule has 1 rings (SSSR count). The van der Waals surface area contributed by atoms with Gasteiger partial charge in [-0.25, -0.2) is 4.39 Å². The molecule has 1 aromatic carbocycles. The molecule has 2 nitrogen and oxygen atoms in total. The van der Waals surface area contributed by atoms with E-state index in [9.17, 15) is 4.39 Å². The van der Waals surface area contributed by atoms with Crippen LogP contribution in [-0.2, 0) is 0 Å². The van der Waals surface area contributed by atoms with Crippen molar-refractivity contribution in [1.82, 2.24) is 5.32 Å². The molecule has 0 radical (unpaired) electrons. The molecule has 4 heteroatoms. The highest BCUT2D eigenvalue weighted by molar-refractivity contribution is 9.10. The maximum absolute atomic E-state index is 12.7. The van der Waals surface area contributed by atoms with Gasteiger partial charge >= 0.3 is 0 Å². The van der Waals surface area contributed by atoms with Gasteiger partial charge < -0.3 is 10.1 Å². The van der Waals surface area contributed by atoms with Crippen LogP contribution in [0.4, 0.5) is 4.39 Å². The molecule has 0 aliphatic rings. The van der Waals surface area contributed by atoms with Crippen molar-refractivity contribution in [2.45, 2.75) is 13.0 Å². The topological polar surface area (TPSA) is 21.3 Å². The molecule has 0 aromatic heterocycles. The summed E-state index contributed by atoms with van der Waals surface area (Å²) in [7, 11) is 1.86. The molecule has 1 atom stereocenters. The number of hydrogen-bond acceptors (Lipinski definition) is 2. The van der Waals surface area contributed by atoms with E-state index < -0.39 is 0 Å². The molecule has 0 amide bonds. The van der Waals surface area contributed by atoms with Crippen LogP contribution in [0.15, 0.2) is 22.7 Å². The lowest BCUT2D eigenvalue weighted by Crippen LogP contribution is -2.26. The van der Waals surface area contributed by atoms with E-state index in [4.69, 9.17) is 4.74 Å². The van der Waals surface area contributed by atoms with Crippen molar-refractivity contribution in [3.8, 4) is 5.75 Å². The third-order valence-electron chi connectivity index (χ3n) is 1.71. The van der Waals surface area contributed by atoms with Gasteiger partial charge in [0.25, 0.3) is 0 Å². The molecule has 78 valence electrons. The van der Waals surface area contributed by atoms with Crippen LogP contribution in [0.5, 0.6) is 5.75 Å². The SMILES string of the molecule is CNCC(C)Oc1ccc(F)cc1Br. The summed E-state index contributed by atoms with van der Waals surface area (Å²) in [5.74, 6) is 0.389. The number of halogens is 2. The lowest BCUT2D eigenvalue weighted by atomic mass is 10.3. The number of benzene rings is 1. The van der Waals surface area contributed by atoms with Crippen LogP contribution in [-0.4, -0.2) is 19.7 Å². The average molecular weight is 262 g/mol. The fourth-order valence-electron chi connectivity index (χ4n) is 1.12. The predicted octanol–water partition coefficient (Wildman–Crippen LogP) is 2.57. The summed E-state index contributed by atoms with van der Waals surface area (Å²) in [6, 6.07) is 4.39. The quantitative estimate of drug-likeness (QED) is 0.900. The van der Waals surface area contributed by atoms with E-state index in [1.807, 2.05) is 14.0 Å². The van der Waals surface area contributed by atoms with Crippen molar-refractivity contribution in [3.63, 3.8) is 0 Å². The molecule has 0 aliphatic heterocycles. The minimum atomic E-state index is -0.273. The van der Waals surface area contributed by atoms with E-state index in [0.29, 0.717) is 10.2 Å². The zero-order valence-electron chi connectivity index (χ0n) is 8.18. The number of nitrogens with one attached hydrogen (secondary N) is 1. The maximum atomic E-state index is 12.7. The fourth-order valence-corrected chi connectivity index (χ4v) is 1.56. The smallest absolute Gasteiger partial charge is 0.134 e. The first-order chi connectivity index (χ1) is 6.63. The Labute approximate surface area is 91.6 Å². The molecule has 1 aromatic rings. The van der Waals surface area contributed by atoms with Crippen molar-refractivity contribution in [2.75, 3.05) is 13.6 Å². The molecule has 14 heavy (non-hydrogen) atoms.